The van der Waals surface area contributed by atoms with Crippen LogP contribution in [0.4, 0.5) is 5.82 Å². The Kier molecular flexibility index (Phi) is 4.16. The number of carbonyl (C=O) groups excluding carboxylic acids is 3. The van der Waals surface area contributed by atoms with Crippen LogP contribution < -0.4 is 10.6 Å². The van der Waals surface area contributed by atoms with Gasteiger partial charge in [-0.1, -0.05) is 30.2 Å². The molecule has 4 fully saturated rings. The second kappa shape index (κ2) is 6.66. The molecule has 0 unspecified atom stereocenters. The van der Waals surface area contributed by atoms with Crippen LogP contribution in [0.2, 0.25) is 0 Å². The number of rotatable bonds is 5. The topological polar surface area (TPSA) is 114 Å². The standard InChI is InChI=1S/C23H28N4O5/c1-12-11-15(26-31-12)25-19(28)16-17-21(30)27(14-7-8-14)18(20(29)24-13-5-3-4-6-13)23(17)10-9-22(16,2)32-23/h9-11,13-14,16-18H,3-8H2,1-2H3,(H,24,29)(H,25,26,28)/t16-,17+,18+,22-,23+/m0/s1. The first-order valence-electron chi connectivity index (χ1n) is 11.6. The molecule has 2 saturated carbocycles. The minimum Gasteiger partial charge on any atom is -0.360 e. The molecule has 2 saturated heterocycles. The summed E-state index contributed by atoms with van der Waals surface area (Å²) in [6.45, 7) is 3.56. The average Bonchev–Trinajstić information content (AvgIpc) is 3.06. The van der Waals surface area contributed by atoms with Crippen LogP contribution in [0.25, 0.3) is 0 Å². The summed E-state index contributed by atoms with van der Waals surface area (Å²) < 4.78 is 11.5. The molecule has 170 valence electrons. The maximum absolute atomic E-state index is 13.7. The van der Waals surface area contributed by atoms with Gasteiger partial charge in [-0.3, -0.25) is 14.4 Å². The first-order chi connectivity index (χ1) is 15.3. The fourth-order valence-electron chi connectivity index (χ4n) is 6.29. The second-order valence-electron chi connectivity index (χ2n) is 10.1. The van der Waals surface area contributed by atoms with Gasteiger partial charge < -0.3 is 24.8 Å². The molecule has 5 aliphatic rings. The largest absolute Gasteiger partial charge is 0.360 e. The number of fused-ring (bicyclic) bond motifs is 1. The number of likely N-dealkylation sites (tertiary alicyclic amines) is 1. The van der Waals surface area contributed by atoms with E-state index in [9.17, 15) is 14.4 Å². The minimum atomic E-state index is -1.13. The van der Waals surface area contributed by atoms with E-state index in [1.807, 2.05) is 19.1 Å². The average molecular weight is 441 g/mol. The highest BCUT2D eigenvalue weighted by Crippen LogP contribution is 2.61. The van der Waals surface area contributed by atoms with Gasteiger partial charge >= 0.3 is 0 Å². The minimum absolute atomic E-state index is 0.0348. The van der Waals surface area contributed by atoms with E-state index < -0.39 is 29.1 Å². The fraction of sp³-hybridized carbons (Fsp3) is 0.652. The molecule has 9 nitrogen and oxygen atoms in total. The molecular weight excluding hydrogens is 412 g/mol. The predicted octanol–water partition coefficient (Wildman–Crippen LogP) is 1.68. The molecule has 3 amide bonds. The van der Waals surface area contributed by atoms with Crippen LogP contribution in [0.3, 0.4) is 0 Å². The van der Waals surface area contributed by atoms with Crippen molar-refractivity contribution in [3.05, 3.63) is 24.0 Å². The SMILES string of the molecule is Cc1cc(NC(=O)[C@@H]2[C@@H]3C(=O)N(C4CC4)[C@H](C(=O)NC4CCCC4)[C@@]34C=C[C@]2(C)O4)no1. The van der Waals surface area contributed by atoms with Crippen molar-refractivity contribution in [2.24, 2.45) is 11.8 Å². The normalized spacial score (nSPS) is 37.9. The molecule has 32 heavy (non-hydrogen) atoms. The van der Waals surface area contributed by atoms with Crippen molar-refractivity contribution in [1.29, 1.82) is 0 Å². The number of aromatic nitrogens is 1. The van der Waals surface area contributed by atoms with Crippen molar-refractivity contribution in [3.8, 4) is 0 Å². The maximum atomic E-state index is 13.7. The number of amides is 3. The number of hydrogen-bond donors (Lipinski definition) is 2. The van der Waals surface area contributed by atoms with Gasteiger partial charge in [-0.2, -0.15) is 0 Å². The Bertz CT molecular complexity index is 1030. The lowest BCUT2D eigenvalue weighted by atomic mass is 9.70. The Balaban J connectivity index is 1.34. The lowest BCUT2D eigenvalue weighted by molar-refractivity contribution is -0.144. The van der Waals surface area contributed by atoms with Crippen molar-refractivity contribution in [3.63, 3.8) is 0 Å². The van der Waals surface area contributed by atoms with Gasteiger partial charge in [0.25, 0.3) is 0 Å². The monoisotopic (exact) mass is 440 g/mol. The molecule has 0 aromatic carbocycles. The second-order valence-corrected chi connectivity index (χ2v) is 10.1. The zero-order chi connectivity index (χ0) is 22.3. The van der Waals surface area contributed by atoms with Gasteiger partial charge in [-0.25, -0.2) is 0 Å². The molecule has 2 bridgehead atoms. The van der Waals surface area contributed by atoms with Gasteiger partial charge in [0.05, 0.1) is 17.4 Å². The summed E-state index contributed by atoms with van der Waals surface area (Å²) in [5.74, 6) is -1.30. The molecule has 1 aromatic heterocycles. The summed E-state index contributed by atoms with van der Waals surface area (Å²) in [4.78, 5) is 42.4. The summed E-state index contributed by atoms with van der Waals surface area (Å²) >= 11 is 0. The third kappa shape index (κ3) is 2.73. The molecule has 2 N–H and O–H groups in total. The zero-order valence-corrected chi connectivity index (χ0v) is 18.3. The smallest absolute Gasteiger partial charge is 0.246 e. The lowest BCUT2D eigenvalue weighted by Gasteiger charge is -2.33. The molecule has 0 radical (unpaired) electrons. The quantitative estimate of drug-likeness (QED) is 0.674. The number of hydrogen-bond acceptors (Lipinski definition) is 6. The van der Waals surface area contributed by atoms with E-state index in [1.165, 1.54) is 0 Å². The van der Waals surface area contributed by atoms with E-state index in [1.54, 1.807) is 17.9 Å². The van der Waals surface area contributed by atoms with E-state index in [2.05, 4.69) is 15.8 Å². The van der Waals surface area contributed by atoms with Crippen LogP contribution >= 0.6 is 0 Å². The first kappa shape index (κ1) is 20.0. The van der Waals surface area contributed by atoms with Crippen LogP contribution in [0.5, 0.6) is 0 Å². The number of carbonyl (C=O) groups is 3. The van der Waals surface area contributed by atoms with Gasteiger partial charge in [-0.05, 0) is 39.5 Å². The van der Waals surface area contributed by atoms with Gasteiger partial charge in [0.15, 0.2) is 5.82 Å². The van der Waals surface area contributed by atoms with E-state index in [0.29, 0.717) is 11.6 Å². The highest BCUT2D eigenvalue weighted by atomic mass is 16.5. The van der Waals surface area contributed by atoms with Crippen LogP contribution in [0, 0.1) is 18.8 Å². The third-order valence-corrected chi connectivity index (χ3v) is 7.79. The molecule has 2 aliphatic carbocycles. The first-order valence-corrected chi connectivity index (χ1v) is 11.6. The lowest BCUT2D eigenvalue weighted by Crippen LogP contribution is -2.56. The number of nitrogens with one attached hydrogen (secondary N) is 2. The van der Waals surface area contributed by atoms with E-state index in [4.69, 9.17) is 9.26 Å². The van der Waals surface area contributed by atoms with Crippen molar-refractivity contribution in [2.75, 3.05) is 5.32 Å². The molecule has 3 aliphatic heterocycles. The van der Waals surface area contributed by atoms with Crippen LogP contribution in [-0.2, 0) is 19.1 Å². The van der Waals surface area contributed by atoms with Crippen LogP contribution in [-0.4, -0.2) is 57.1 Å². The zero-order valence-electron chi connectivity index (χ0n) is 18.3. The van der Waals surface area contributed by atoms with Crippen molar-refractivity contribution >= 4 is 23.5 Å². The summed E-state index contributed by atoms with van der Waals surface area (Å²) in [5, 5.41) is 9.80. The van der Waals surface area contributed by atoms with Crippen molar-refractivity contribution in [2.45, 2.75) is 81.7 Å². The van der Waals surface area contributed by atoms with E-state index in [0.717, 1.165) is 38.5 Å². The highest BCUT2D eigenvalue weighted by molar-refractivity contribution is 6.03. The highest BCUT2D eigenvalue weighted by Gasteiger charge is 2.77. The molecule has 5 atom stereocenters. The summed E-state index contributed by atoms with van der Waals surface area (Å²) in [6, 6.07) is 1.05. The van der Waals surface area contributed by atoms with Gasteiger partial charge in [-0.15, -0.1) is 0 Å². The number of nitrogens with zero attached hydrogens (tertiary/aromatic N) is 2. The predicted molar refractivity (Wildman–Crippen MR) is 112 cm³/mol. The molecular formula is C23H28N4O5. The van der Waals surface area contributed by atoms with Gasteiger partial charge in [0, 0.05) is 18.2 Å². The molecule has 1 spiro atoms. The Morgan fingerprint density at radius 3 is 2.56 bits per heavy atom. The van der Waals surface area contributed by atoms with Crippen LogP contribution in [0.15, 0.2) is 22.7 Å². The molecule has 9 heteroatoms. The summed E-state index contributed by atoms with van der Waals surface area (Å²) in [6.07, 6.45) is 9.59. The maximum Gasteiger partial charge on any atom is 0.246 e. The van der Waals surface area contributed by atoms with Crippen LogP contribution in [0.1, 0.15) is 51.2 Å². The third-order valence-electron chi connectivity index (χ3n) is 7.79. The van der Waals surface area contributed by atoms with Crippen molar-refractivity contribution < 1.29 is 23.6 Å². The van der Waals surface area contributed by atoms with E-state index >= 15 is 0 Å². The fourth-order valence-corrected chi connectivity index (χ4v) is 6.29. The number of ether oxygens (including phenoxy) is 1. The summed E-state index contributed by atoms with van der Waals surface area (Å²) in [5.41, 5.74) is -2.09. The Hall–Kier alpha value is -2.68. The Morgan fingerprint density at radius 2 is 1.91 bits per heavy atom. The molecule has 6 rings (SSSR count). The van der Waals surface area contributed by atoms with Gasteiger partial charge in [0.2, 0.25) is 17.7 Å². The summed E-state index contributed by atoms with van der Waals surface area (Å²) in [7, 11) is 0. The number of anilines is 1. The number of aryl methyl sites for hydroxylation is 1. The molecule has 1 aromatic rings. The van der Waals surface area contributed by atoms with Gasteiger partial charge in [0.1, 0.15) is 17.4 Å². The molecule has 4 heterocycles. The Morgan fingerprint density at radius 1 is 1.16 bits per heavy atom. The van der Waals surface area contributed by atoms with Crippen molar-refractivity contribution in [1.82, 2.24) is 15.4 Å². The Labute approximate surface area is 185 Å². The van der Waals surface area contributed by atoms with E-state index in [-0.39, 0.29) is 29.8 Å².